The smallest absolute Gasteiger partial charge is 0.420 e. The van der Waals surface area contributed by atoms with Gasteiger partial charge in [-0.05, 0) is 12.1 Å². The normalized spacial score (nSPS) is 17.1. The summed E-state index contributed by atoms with van der Waals surface area (Å²) in [6.07, 6.45) is 5.26. The van der Waals surface area contributed by atoms with Crippen molar-refractivity contribution < 1.29 is 13.9 Å². The van der Waals surface area contributed by atoms with Crippen LogP contribution in [0.4, 0.5) is 0 Å². The minimum absolute atomic E-state index is 0.0479. The van der Waals surface area contributed by atoms with E-state index in [4.69, 9.17) is 9.15 Å². The fourth-order valence-corrected chi connectivity index (χ4v) is 2.97. The van der Waals surface area contributed by atoms with Gasteiger partial charge in [0.2, 0.25) is 11.8 Å². The van der Waals surface area contributed by atoms with E-state index in [-0.39, 0.29) is 18.6 Å². The number of nitrogens with zero attached hydrogens (tertiary/aromatic N) is 4. The summed E-state index contributed by atoms with van der Waals surface area (Å²) in [4.78, 5) is 34.2. The second-order valence-corrected chi connectivity index (χ2v) is 5.83. The van der Waals surface area contributed by atoms with Gasteiger partial charge in [0.15, 0.2) is 5.58 Å². The number of oxazole rings is 1. The Morgan fingerprint density at radius 2 is 2.20 bits per heavy atom. The number of rotatable bonds is 4. The van der Waals surface area contributed by atoms with Gasteiger partial charge in [-0.15, -0.1) is 0 Å². The number of ether oxygens (including phenoxy) is 1. The number of amides is 1. The number of hydrogen-bond acceptors (Lipinski definition) is 6. The van der Waals surface area contributed by atoms with Crippen LogP contribution in [0.3, 0.4) is 0 Å². The maximum atomic E-state index is 12.5. The van der Waals surface area contributed by atoms with Gasteiger partial charge < -0.3 is 14.1 Å². The highest BCUT2D eigenvalue weighted by atomic mass is 16.5. The van der Waals surface area contributed by atoms with Gasteiger partial charge in [0.1, 0.15) is 12.6 Å². The fraction of sp³-hybridized carbons (Fsp3) is 0.294. The van der Waals surface area contributed by atoms with Crippen molar-refractivity contribution in [1.82, 2.24) is 19.4 Å². The molecule has 25 heavy (non-hydrogen) atoms. The largest absolute Gasteiger partial charge is 0.471 e. The summed E-state index contributed by atoms with van der Waals surface area (Å²) in [7, 11) is 0. The van der Waals surface area contributed by atoms with Crippen molar-refractivity contribution in [3.8, 4) is 5.88 Å². The van der Waals surface area contributed by atoms with Crippen LogP contribution in [0.1, 0.15) is 6.42 Å². The van der Waals surface area contributed by atoms with E-state index in [1.165, 1.54) is 4.57 Å². The zero-order valence-corrected chi connectivity index (χ0v) is 13.4. The molecule has 1 aromatic carbocycles. The summed E-state index contributed by atoms with van der Waals surface area (Å²) >= 11 is 0. The lowest BCUT2D eigenvalue weighted by molar-refractivity contribution is -0.131. The Bertz CT molecular complexity index is 950. The Kier molecular flexibility index (Phi) is 3.93. The number of carbonyl (C=O) groups is 1. The molecule has 0 radical (unpaired) electrons. The molecule has 2 aromatic heterocycles. The molecule has 8 heteroatoms. The predicted molar refractivity (Wildman–Crippen MR) is 88.1 cm³/mol. The Balaban J connectivity index is 1.43. The Morgan fingerprint density at radius 1 is 1.32 bits per heavy atom. The van der Waals surface area contributed by atoms with E-state index in [0.717, 1.165) is 0 Å². The highest BCUT2D eigenvalue weighted by Crippen LogP contribution is 2.17. The molecule has 0 bridgehead atoms. The molecule has 3 aromatic rings. The molecule has 1 aliphatic heterocycles. The van der Waals surface area contributed by atoms with Gasteiger partial charge in [-0.25, -0.2) is 9.78 Å². The highest BCUT2D eigenvalue weighted by Gasteiger charge is 2.28. The average molecular weight is 340 g/mol. The molecule has 1 fully saturated rings. The quantitative estimate of drug-likeness (QED) is 0.705. The molecule has 0 aliphatic carbocycles. The minimum atomic E-state index is -0.527. The van der Waals surface area contributed by atoms with Crippen LogP contribution < -0.4 is 10.5 Å². The molecular weight excluding hydrogens is 324 g/mol. The summed E-state index contributed by atoms with van der Waals surface area (Å²) in [5.41, 5.74) is 1.10. The molecule has 4 rings (SSSR count). The van der Waals surface area contributed by atoms with Crippen LogP contribution in [0.2, 0.25) is 0 Å². The molecule has 1 atom stereocenters. The van der Waals surface area contributed by atoms with Crippen LogP contribution in [0, 0.1) is 0 Å². The first kappa shape index (κ1) is 15.4. The van der Waals surface area contributed by atoms with E-state index >= 15 is 0 Å². The van der Waals surface area contributed by atoms with Crippen LogP contribution in [-0.4, -0.2) is 44.5 Å². The number of fused-ring (bicyclic) bond motifs is 1. The van der Waals surface area contributed by atoms with Crippen molar-refractivity contribution in [2.45, 2.75) is 19.1 Å². The second kappa shape index (κ2) is 6.39. The molecule has 1 amide bonds. The molecule has 1 saturated heterocycles. The van der Waals surface area contributed by atoms with Crippen molar-refractivity contribution in [3.05, 3.63) is 53.4 Å². The summed E-state index contributed by atoms with van der Waals surface area (Å²) < 4.78 is 12.2. The van der Waals surface area contributed by atoms with E-state index < -0.39 is 5.76 Å². The van der Waals surface area contributed by atoms with Crippen molar-refractivity contribution in [2.75, 3.05) is 13.1 Å². The van der Waals surface area contributed by atoms with E-state index in [2.05, 4.69) is 9.97 Å². The SMILES string of the molecule is O=C(Cn1c(=O)oc2ccccc21)N1CCC(Oc2cnccn2)C1. The number of aromatic nitrogens is 3. The van der Waals surface area contributed by atoms with Crippen molar-refractivity contribution >= 4 is 17.0 Å². The van der Waals surface area contributed by atoms with Gasteiger partial charge in [0, 0.05) is 25.4 Å². The fourth-order valence-electron chi connectivity index (χ4n) is 2.97. The van der Waals surface area contributed by atoms with E-state index in [9.17, 15) is 9.59 Å². The van der Waals surface area contributed by atoms with Crippen LogP contribution in [0.5, 0.6) is 5.88 Å². The van der Waals surface area contributed by atoms with E-state index in [1.54, 1.807) is 47.8 Å². The van der Waals surface area contributed by atoms with E-state index in [1.807, 2.05) is 0 Å². The third-order valence-electron chi connectivity index (χ3n) is 4.19. The predicted octanol–water partition coefficient (Wildman–Crippen LogP) is 1.06. The summed E-state index contributed by atoms with van der Waals surface area (Å²) in [5, 5.41) is 0. The number of para-hydroxylation sites is 2. The average Bonchev–Trinajstić information content (AvgIpc) is 3.21. The molecule has 1 aliphatic rings. The third-order valence-corrected chi connectivity index (χ3v) is 4.19. The zero-order valence-electron chi connectivity index (χ0n) is 13.4. The first-order valence-electron chi connectivity index (χ1n) is 7.99. The summed E-state index contributed by atoms with van der Waals surface area (Å²) in [6, 6.07) is 7.06. The molecule has 0 saturated carbocycles. The van der Waals surface area contributed by atoms with Crippen molar-refractivity contribution in [3.63, 3.8) is 0 Å². The number of benzene rings is 1. The molecule has 3 heterocycles. The lowest BCUT2D eigenvalue weighted by Gasteiger charge is -2.17. The number of hydrogen-bond donors (Lipinski definition) is 0. The van der Waals surface area contributed by atoms with Gasteiger partial charge in [-0.1, -0.05) is 12.1 Å². The second-order valence-electron chi connectivity index (χ2n) is 5.83. The molecular formula is C17H16N4O4. The van der Waals surface area contributed by atoms with Crippen LogP contribution >= 0.6 is 0 Å². The summed E-state index contributed by atoms with van der Waals surface area (Å²) in [6.45, 7) is 0.988. The molecule has 1 unspecified atom stereocenters. The maximum absolute atomic E-state index is 12.5. The molecule has 128 valence electrons. The number of carbonyl (C=O) groups excluding carboxylic acids is 1. The zero-order chi connectivity index (χ0) is 17.2. The topological polar surface area (TPSA) is 90.5 Å². The van der Waals surface area contributed by atoms with E-state index in [0.29, 0.717) is 36.5 Å². The Labute approximate surface area is 142 Å². The van der Waals surface area contributed by atoms with Crippen LogP contribution in [0.15, 0.2) is 52.1 Å². The first-order chi connectivity index (χ1) is 12.2. The highest BCUT2D eigenvalue weighted by molar-refractivity contribution is 5.79. The van der Waals surface area contributed by atoms with Gasteiger partial charge in [-0.3, -0.25) is 14.3 Å². The van der Waals surface area contributed by atoms with Gasteiger partial charge in [-0.2, -0.15) is 0 Å². The van der Waals surface area contributed by atoms with Gasteiger partial charge in [0.05, 0.1) is 18.3 Å². The standard InChI is InChI=1S/C17H16N4O4/c22-16(11-21-13-3-1-2-4-14(13)25-17(21)23)20-8-5-12(10-20)24-15-9-18-6-7-19-15/h1-4,6-7,9,12H,5,8,10-11H2. The Hall–Kier alpha value is -3.16. The Morgan fingerprint density at radius 3 is 3.04 bits per heavy atom. The van der Waals surface area contributed by atoms with Gasteiger partial charge in [0.25, 0.3) is 0 Å². The first-order valence-corrected chi connectivity index (χ1v) is 7.99. The summed E-state index contributed by atoms with van der Waals surface area (Å²) in [5.74, 6) is -0.223. The molecule has 0 N–H and O–H groups in total. The lowest BCUT2D eigenvalue weighted by atomic mass is 10.3. The lowest BCUT2D eigenvalue weighted by Crippen LogP contribution is -2.35. The maximum Gasteiger partial charge on any atom is 0.420 e. The van der Waals surface area contributed by atoms with Crippen LogP contribution in [-0.2, 0) is 11.3 Å². The molecule has 0 spiro atoms. The van der Waals surface area contributed by atoms with Crippen LogP contribution in [0.25, 0.3) is 11.1 Å². The minimum Gasteiger partial charge on any atom is -0.471 e. The van der Waals surface area contributed by atoms with Gasteiger partial charge >= 0.3 is 5.76 Å². The number of likely N-dealkylation sites (tertiary alicyclic amines) is 1. The third kappa shape index (κ3) is 3.10. The van der Waals surface area contributed by atoms with Crippen molar-refractivity contribution in [1.29, 1.82) is 0 Å². The monoisotopic (exact) mass is 340 g/mol. The molecule has 8 nitrogen and oxygen atoms in total. The van der Waals surface area contributed by atoms with Crippen molar-refractivity contribution in [2.24, 2.45) is 0 Å².